The molecule has 0 heterocycles. The Balaban J connectivity index is 1.91. The van der Waals surface area contributed by atoms with Gasteiger partial charge in [0.25, 0.3) is 5.91 Å². The Labute approximate surface area is 214 Å². The number of halogens is 2. The van der Waals surface area contributed by atoms with Crippen LogP contribution in [0.4, 0.5) is 4.39 Å². The molecule has 1 N–H and O–H groups in total. The Morgan fingerprint density at radius 3 is 2.31 bits per heavy atom. The lowest BCUT2D eigenvalue weighted by atomic mass is 10.0. The van der Waals surface area contributed by atoms with Gasteiger partial charge < -0.3 is 15.0 Å². The van der Waals surface area contributed by atoms with E-state index in [1.54, 1.807) is 30.3 Å². The number of carbonyl (C=O) groups excluding carboxylic acids is 2. The van der Waals surface area contributed by atoms with Gasteiger partial charge in [0.05, 0.1) is 0 Å². The summed E-state index contributed by atoms with van der Waals surface area (Å²) in [7, 11) is 0. The molecule has 0 aliphatic rings. The van der Waals surface area contributed by atoms with E-state index in [1.165, 1.54) is 11.0 Å². The summed E-state index contributed by atoms with van der Waals surface area (Å²) in [6.45, 7) is 3.56. The van der Waals surface area contributed by atoms with Crippen LogP contribution in [-0.4, -0.2) is 35.4 Å². The first-order valence-corrected chi connectivity index (χ1v) is 12.4. The molecule has 3 aromatic carbocycles. The van der Waals surface area contributed by atoms with Crippen molar-refractivity contribution in [2.75, 3.05) is 6.61 Å². The van der Waals surface area contributed by atoms with E-state index in [9.17, 15) is 14.0 Å². The molecule has 35 heavy (non-hydrogen) atoms. The average molecular weight is 541 g/mol. The van der Waals surface area contributed by atoms with E-state index in [2.05, 4.69) is 21.2 Å². The number of nitrogens with one attached hydrogen (secondary N) is 1. The maximum atomic E-state index is 14.6. The monoisotopic (exact) mass is 540 g/mol. The standard InChI is InChI=1S/C28H30BrFN2O3/c1-3-20(2)31-28(34)26(17-21-9-5-4-6-10-21)32(18-22-11-7-8-12-25(22)30)27(33)19-35-24-15-13-23(29)14-16-24/h4-16,20,26H,3,17-19H2,1-2H3,(H,31,34)/t20-,26+/m0/s1. The Bertz CT molecular complexity index is 1110. The van der Waals surface area contributed by atoms with Gasteiger partial charge in [-0.05, 0) is 49.2 Å². The maximum Gasteiger partial charge on any atom is 0.261 e. The molecule has 3 rings (SSSR count). The largest absolute Gasteiger partial charge is 0.484 e. The molecule has 3 aromatic rings. The second-order valence-electron chi connectivity index (χ2n) is 8.38. The summed E-state index contributed by atoms with van der Waals surface area (Å²) in [6, 6.07) is 22.0. The summed E-state index contributed by atoms with van der Waals surface area (Å²) in [5.41, 5.74) is 1.23. The van der Waals surface area contributed by atoms with Gasteiger partial charge >= 0.3 is 0 Å². The van der Waals surface area contributed by atoms with Crippen molar-refractivity contribution >= 4 is 27.7 Å². The summed E-state index contributed by atoms with van der Waals surface area (Å²) < 4.78 is 21.2. The van der Waals surface area contributed by atoms with Crippen LogP contribution in [0.25, 0.3) is 0 Å². The molecule has 0 aliphatic heterocycles. The number of hydrogen-bond acceptors (Lipinski definition) is 3. The van der Waals surface area contributed by atoms with E-state index >= 15 is 0 Å². The first kappa shape index (κ1) is 26.4. The lowest BCUT2D eigenvalue weighted by Gasteiger charge is -2.32. The van der Waals surface area contributed by atoms with Crippen LogP contribution in [0.1, 0.15) is 31.4 Å². The first-order chi connectivity index (χ1) is 16.9. The predicted molar refractivity (Wildman–Crippen MR) is 138 cm³/mol. The van der Waals surface area contributed by atoms with Crippen LogP contribution in [-0.2, 0) is 22.6 Å². The summed E-state index contributed by atoms with van der Waals surface area (Å²) in [5, 5.41) is 2.99. The molecular weight excluding hydrogens is 511 g/mol. The van der Waals surface area contributed by atoms with Crippen molar-refractivity contribution in [1.82, 2.24) is 10.2 Å². The molecule has 0 unspecified atom stereocenters. The van der Waals surface area contributed by atoms with Crippen LogP contribution in [0.2, 0.25) is 0 Å². The zero-order valence-corrected chi connectivity index (χ0v) is 21.5. The number of rotatable bonds is 11. The molecule has 7 heteroatoms. The van der Waals surface area contributed by atoms with Crippen molar-refractivity contribution in [2.45, 2.75) is 45.3 Å². The maximum absolute atomic E-state index is 14.6. The van der Waals surface area contributed by atoms with Gasteiger partial charge in [-0.2, -0.15) is 0 Å². The van der Waals surface area contributed by atoms with E-state index < -0.39 is 17.8 Å². The zero-order chi connectivity index (χ0) is 25.2. The van der Waals surface area contributed by atoms with Crippen molar-refractivity contribution in [3.05, 3.63) is 100 Å². The highest BCUT2D eigenvalue weighted by atomic mass is 79.9. The summed E-state index contributed by atoms with van der Waals surface area (Å²) in [6.07, 6.45) is 1.04. The normalized spacial score (nSPS) is 12.5. The molecule has 0 saturated heterocycles. The third-order valence-electron chi connectivity index (χ3n) is 5.75. The van der Waals surface area contributed by atoms with Gasteiger partial charge in [-0.3, -0.25) is 9.59 Å². The molecule has 0 aliphatic carbocycles. The Morgan fingerprint density at radius 2 is 1.66 bits per heavy atom. The molecule has 2 amide bonds. The van der Waals surface area contributed by atoms with Gasteiger partial charge in [0, 0.05) is 29.0 Å². The van der Waals surface area contributed by atoms with E-state index in [-0.39, 0.29) is 25.1 Å². The van der Waals surface area contributed by atoms with Gasteiger partial charge in [0.2, 0.25) is 5.91 Å². The highest BCUT2D eigenvalue weighted by Gasteiger charge is 2.31. The van der Waals surface area contributed by atoms with Crippen LogP contribution < -0.4 is 10.1 Å². The van der Waals surface area contributed by atoms with E-state index in [4.69, 9.17) is 4.74 Å². The molecule has 0 aromatic heterocycles. The number of ether oxygens (including phenoxy) is 1. The number of hydrogen-bond donors (Lipinski definition) is 1. The molecule has 0 bridgehead atoms. The topological polar surface area (TPSA) is 58.6 Å². The average Bonchev–Trinajstić information content (AvgIpc) is 2.87. The highest BCUT2D eigenvalue weighted by Crippen LogP contribution is 2.19. The van der Waals surface area contributed by atoms with Crippen LogP contribution in [0.5, 0.6) is 5.75 Å². The Morgan fingerprint density at radius 1 is 1.00 bits per heavy atom. The number of amides is 2. The lowest BCUT2D eigenvalue weighted by molar-refractivity contribution is -0.143. The molecule has 5 nitrogen and oxygen atoms in total. The summed E-state index contributed by atoms with van der Waals surface area (Å²) in [4.78, 5) is 28.3. The summed E-state index contributed by atoms with van der Waals surface area (Å²) >= 11 is 3.37. The third-order valence-corrected chi connectivity index (χ3v) is 6.28. The molecule has 0 fully saturated rings. The third kappa shape index (κ3) is 7.92. The van der Waals surface area contributed by atoms with E-state index in [0.717, 1.165) is 16.5 Å². The van der Waals surface area contributed by atoms with Gasteiger partial charge in [0.15, 0.2) is 6.61 Å². The Hall–Kier alpha value is -3.19. The lowest BCUT2D eigenvalue weighted by Crippen LogP contribution is -2.53. The minimum Gasteiger partial charge on any atom is -0.484 e. The fraction of sp³-hybridized carbons (Fsp3) is 0.286. The van der Waals surface area contributed by atoms with Gasteiger partial charge in [-0.15, -0.1) is 0 Å². The highest BCUT2D eigenvalue weighted by molar-refractivity contribution is 9.10. The second kappa shape index (κ2) is 13.0. The van der Waals surface area contributed by atoms with Crippen LogP contribution in [0.15, 0.2) is 83.3 Å². The molecule has 0 spiro atoms. The van der Waals surface area contributed by atoms with E-state index in [1.807, 2.05) is 56.3 Å². The van der Waals surface area contributed by atoms with Crippen molar-refractivity contribution in [2.24, 2.45) is 0 Å². The van der Waals surface area contributed by atoms with Crippen LogP contribution in [0, 0.1) is 5.82 Å². The van der Waals surface area contributed by atoms with E-state index in [0.29, 0.717) is 17.7 Å². The molecule has 0 radical (unpaired) electrons. The number of nitrogens with zero attached hydrogens (tertiary/aromatic N) is 1. The van der Waals surface area contributed by atoms with Crippen LogP contribution in [0.3, 0.4) is 0 Å². The summed E-state index contributed by atoms with van der Waals surface area (Å²) in [5.74, 6) is -0.594. The van der Waals surface area contributed by atoms with Gasteiger partial charge in [0.1, 0.15) is 17.6 Å². The molecule has 184 valence electrons. The zero-order valence-electron chi connectivity index (χ0n) is 19.9. The van der Waals surface area contributed by atoms with Crippen molar-refractivity contribution in [3.63, 3.8) is 0 Å². The van der Waals surface area contributed by atoms with Crippen molar-refractivity contribution in [1.29, 1.82) is 0 Å². The predicted octanol–water partition coefficient (Wildman–Crippen LogP) is 5.52. The van der Waals surface area contributed by atoms with Gasteiger partial charge in [-0.1, -0.05) is 71.4 Å². The fourth-order valence-electron chi connectivity index (χ4n) is 3.56. The van der Waals surface area contributed by atoms with Crippen LogP contribution >= 0.6 is 15.9 Å². The quantitative estimate of drug-likeness (QED) is 0.348. The Kier molecular flexibility index (Phi) is 9.85. The van der Waals surface area contributed by atoms with Crippen molar-refractivity contribution in [3.8, 4) is 5.75 Å². The van der Waals surface area contributed by atoms with Gasteiger partial charge in [-0.25, -0.2) is 4.39 Å². The SMILES string of the molecule is CC[C@H](C)NC(=O)[C@@H](Cc1ccccc1)N(Cc1ccccc1F)C(=O)COc1ccc(Br)cc1. The second-order valence-corrected chi connectivity index (χ2v) is 9.29. The molecular formula is C28H30BrFN2O3. The number of benzene rings is 3. The number of carbonyl (C=O) groups is 2. The first-order valence-electron chi connectivity index (χ1n) is 11.6. The van der Waals surface area contributed by atoms with Crippen molar-refractivity contribution < 1.29 is 18.7 Å². The minimum absolute atomic E-state index is 0.0549. The smallest absolute Gasteiger partial charge is 0.261 e. The minimum atomic E-state index is -0.841. The molecule has 0 saturated carbocycles. The fourth-order valence-corrected chi connectivity index (χ4v) is 3.83. The molecule has 2 atom stereocenters.